The first-order valence-corrected chi connectivity index (χ1v) is 5.29. The number of carboxylic acids is 1. The van der Waals surface area contributed by atoms with Crippen molar-refractivity contribution in [2.75, 3.05) is 0 Å². The fraction of sp³-hybridized carbons (Fsp3) is 0.900. The van der Waals surface area contributed by atoms with Gasteiger partial charge in [0, 0.05) is 6.04 Å². The quantitative estimate of drug-likeness (QED) is 0.715. The average Bonchev–Trinajstić information content (AvgIpc) is 2.16. The monoisotopic (exact) mass is 201 g/mol. The summed E-state index contributed by atoms with van der Waals surface area (Å²) >= 11 is 0. The van der Waals surface area contributed by atoms with E-state index in [1.165, 1.54) is 0 Å². The number of carbonyl (C=O) groups is 1. The van der Waals surface area contributed by atoms with E-state index >= 15 is 0 Å². The molecular weight excluding hydrogens is 182 g/mol. The Hall–Kier alpha value is -0.610. The van der Waals surface area contributed by atoms with Crippen molar-refractivity contribution >= 4 is 5.97 Å². The highest BCUT2D eigenvalue weighted by atomic mass is 16.5. The number of aliphatic carboxylic acids is 1. The molecule has 82 valence electrons. The fourth-order valence-electron chi connectivity index (χ4n) is 1.83. The summed E-state index contributed by atoms with van der Waals surface area (Å²) in [4.78, 5) is 10.7. The SMILES string of the molecule is CCC(OC1CCCCC1N)C(=O)O. The Balaban J connectivity index is 2.43. The Kier molecular flexibility index (Phi) is 4.35. The molecular formula is C10H19NO3. The van der Waals surface area contributed by atoms with Crippen LogP contribution in [0.15, 0.2) is 0 Å². The fourth-order valence-corrected chi connectivity index (χ4v) is 1.83. The van der Waals surface area contributed by atoms with Gasteiger partial charge in [-0.25, -0.2) is 4.79 Å². The molecule has 3 unspecified atom stereocenters. The Bertz CT molecular complexity index is 196. The lowest BCUT2D eigenvalue weighted by Gasteiger charge is -2.30. The second kappa shape index (κ2) is 5.32. The first-order chi connectivity index (χ1) is 6.65. The van der Waals surface area contributed by atoms with Crippen molar-refractivity contribution in [1.82, 2.24) is 0 Å². The Labute approximate surface area is 84.4 Å². The van der Waals surface area contributed by atoms with E-state index in [0.29, 0.717) is 6.42 Å². The Morgan fingerprint density at radius 2 is 2.21 bits per heavy atom. The minimum atomic E-state index is -0.884. The van der Waals surface area contributed by atoms with Gasteiger partial charge in [0.2, 0.25) is 0 Å². The maximum Gasteiger partial charge on any atom is 0.332 e. The number of hydrogen-bond donors (Lipinski definition) is 2. The largest absolute Gasteiger partial charge is 0.479 e. The second-order valence-corrected chi connectivity index (χ2v) is 3.86. The lowest BCUT2D eigenvalue weighted by molar-refractivity contribution is -0.156. The van der Waals surface area contributed by atoms with Crippen molar-refractivity contribution in [1.29, 1.82) is 0 Å². The molecule has 14 heavy (non-hydrogen) atoms. The zero-order chi connectivity index (χ0) is 10.6. The highest BCUT2D eigenvalue weighted by Gasteiger charge is 2.27. The molecule has 0 saturated heterocycles. The molecule has 1 aliphatic carbocycles. The lowest BCUT2D eigenvalue weighted by atomic mass is 9.93. The van der Waals surface area contributed by atoms with Gasteiger partial charge in [0.25, 0.3) is 0 Å². The van der Waals surface area contributed by atoms with E-state index in [9.17, 15) is 4.79 Å². The van der Waals surface area contributed by atoms with E-state index in [4.69, 9.17) is 15.6 Å². The van der Waals surface area contributed by atoms with E-state index < -0.39 is 12.1 Å². The Morgan fingerprint density at radius 1 is 1.57 bits per heavy atom. The third kappa shape index (κ3) is 2.96. The zero-order valence-electron chi connectivity index (χ0n) is 8.61. The van der Waals surface area contributed by atoms with Gasteiger partial charge in [-0.1, -0.05) is 19.8 Å². The number of rotatable bonds is 4. The van der Waals surface area contributed by atoms with Crippen molar-refractivity contribution in [2.45, 2.75) is 57.3 Å². The first-order valence-electron chi connectivity index (χ1n) is 5.29. The molecule has 4 nitrogen and oxygen atoms in total. The van der Waals surface area contributed by atoms with Gasteiger partial charge in [-0.15, -0.1) is 0 Å². The van der Waals surface area contributed by atoms with Crippen LogP contribution < -0.4 is 5.73 Å². The molecule has 0 aromatic rings. The van der Waals surface area contributed by atoms with Crippen LogP contribution in [0.5, 0.6) is 0 Å². The van der Waals surface area contributed by atoms with E-state index in [2.05, 4.69) is 0 Å². The third-order valence-corrected chi connectivity index (χ3v) is 2.74. The molecule has 0 radical (unpaired) electrons. The van der Waals surface area contributed by atoms with E-state index in [0.717, 1.165) is 25.7 Å². The van der Waals surface area contributed by atoms with Crippen LogP contribution >= 0.6 is 0 Å². The van der Waals surface area contributed by atoms with Crippen molar-refractivity contribution < 1.29 is 14.6 Å². The number of nitrogens with two attached hydrogens (primary N) is 1. The smallest absolute Gasteiger partial charge is 0.332 e. The van der Waals surface area contributed by atoms with Crippen LogP contribution in [0.2, 0.25) is 0 Å². The molecule has 1 rings (SSSR count). The van der Waals surface area contributed by atoms with Gasteiger partial charge in [-0.3, -0.25) is 0 Å². The van der Waals surface area contributed by atoms with Gasteiger partial charge in [0.15, 0.2) is 6.10 Å². The summed E-state index contributed by atoms with van der Waals surface area (Å²) < 4.78 is 5.49. The van der Waals surface area contributed by atoms with Crippen LogP contribution in [0.25, 0.3) is 0 Å². The van der Waals surface area contributed by atoms with Crippen LogP contribution in [-0.4, -0.2) is 29.3 Å². The molecule has 1 aliphatic rings. The average molecular weight is 201 g/mol. The van der Waals surface area contributed by atoms with Gasteiger partial charge >= 0.3 is 5.97 Å². The minimum Gasteiger partial charge on any atom is -0.479 e. The van der Waals surface area contributed by atoms with Crippen LogP contribution in [0.1, 0.15) is 39.0 Å². The van der Waals surface area contributed by atoms with Gasteiger partial charge in [0.05, 0.1) is 6.10 Å². The molecule has 0 amide bonds. The van der Waals surface area contributed by atoms with E-state index in [-0.39, 0.29) is 12.1 Å². The maximum absolute atomic E-state index is 10.7. The minimum absolute atomic E-state index is 0.0112. The Morgan fingerprint density at radius 3 is 2.71 bits per heavy atom. The van der Waals surface area contributed by atoms with Crippen LogP contribution in [0.3, 0.4) is 0 Å². The van der Waals surface area contributed by atoms with Crippen molar-refractivity contribution in [3.63, 3.8) is 0 Å². The molecule has 3 N–H and O–H groups in total. The summed E-state index contributed by atoms with van der Waals surface area (Å²) in [6.45, 7) is 1.81. The van der Waals surface area contributed by atoms with Crippen LogP contribution in [0.4, 0.5) is 0 Å². The standard InChI is InChI=1S/C10H19NO3/c1-2-8(10(12)13)14-9-6-4-3-5-7(9)11/h7-9H,2-6,11H2,1H3,(H,12,13). The summed E-state index contributed by atoms with van der Waals surface area (Å²) in [5.41, 5.74) is 5.86. The lowest BCUT2D eigenvalue weighted by Crippen LogP contribution is -2.43. The van der Waals surface area contributed by atoms with Crippen LogP contribution in [-0.2, 0) is 9.53 Å². The van der Waals surface area contributed by atoms with Crippen LogP contribution in [0, 0.1) is 0 Å². The zero-order valence-corrected chi connectivity index (χ0v) is 8.61. The number of ether oxygens (including phenoxy) is 1. The summed E-state index contributed by atoms with van der Waals surface area (Å²) in [5, 5.41) is 8.82. The van der Waals surface area contributed by atoms with Crippen molar-refractivity contribution in [3.05, 3.63) is 0 Å². The van der Waals surface area contributed by atoms with Gasteiger partial charge in [-0.2, -0.15) is 0 Å². The highest BCUT2D eigenvalue weighted by Crippen LogP contribution is 2.21. The number of hydrogen-bond acceptors (Lipinski definition) is 3. The predicted octanol–water partition coefficient (Wildman–Crippen LogP) is 1.14. The molecule has 1 saturated carbocycles. The summed E-state index contributed by atoms with van der Waals surface area (Å²) in [7, 11) is 0. The topological polar surface area (TPSA) is 72.5 Å². The molecule has 0 heterocycles. The predicted molar refractivity (Wildman–Crippen MR) is 53.0 cm³/mol. The molecule has 3 atom stereocenters. The normalized spacial score (nSPS) is 29.9. The molecule has 0 spiro atoms. The number of carboxylic acid groups (broad SMARTS) is 1. The van der Waals surface area contributed by atoms with Crippen molar-refractivity contribution in [2.24, 2.45) is 5.73 Å². The second-order valence-electron chi connectivity index (χ2n) is 3.86. The maximum atomic E-state index is 10.7. The van der Waals surface area contributed by atoms with E-state index in [1.54, 1.807) is 0 Å². The molecule has 0 aromatic heterocycles. The highest BCUT2D eigenvalue weighted by molar-refractivity contribution is 5.72. The molecule has 1 fully saturated rings. The molecule has 0 aliphatic heterocycles. The molecule has 4 heteroatoms. The summed E-state index contributed by atoms with van der Waals surface area (Å²) in [6, 6.07) is 0.0112. The van der Waals surface area contributed by atoms with Gasteiger partial charge in [0.1, 0.15) is 0 Å². The van der Waals surface area contributed by atoms with Gasteiger partial charge in [-0.05, 0) is 19.3 Å². The van der Waals surface area contributed by atoms with E-state index in [1.807, 2.05) is 6.92 Å². The molecule has 0 bridgehead atoms. The first kappa shape index (κ1) is 11.5. The third-order valence-electron chi connectivity index (χ3n) is 2.74. The van der Waals surface area contributed by atoms with Crippen molar-refractivity contribution in [3.8, 4) is 0 Å². The summed E-state index contributed by atoms with van der Waals surface area (Å²) in [5.74, 6) is -0.884. The molecule has 0 aromatic carbocycles. The summed E-state index contributed by atoms with van der Waals surface area (Å²) in [6.07, 6.45) is 3.80. The van der Waals surface area contributed by atoms with Gasteiger partial charge < -0.3 is 15.6 Å².